The predicted octanol–water partition coefficient (Wildman–Crippen LogP) is 2.57. The number of carbonyl (C=O) groups is 2. The summed E-state index contributed by atoms with van der Waals surface area (Å²) in [6.45, 7) is 0. The highest BCUT2D eigenvalue weighted by Gasteiger charge is 2.34. The van der Waals surface area contributed by atoms with Crippen LogP contribution in [0.25, 0.3) is 6.08 Å². The first-order valence-corrected chi connectivity index (χ1v) is 7.62. The molecule has 0 saturated carbocycles. The lowest BCUT2D eigenvalue weighted by Gasteiger charge is -2.29. The zero-order valence-electron chi connectivity index (χ0n) is 12.6. The number of hydrogen-bond acceptors (Lipinski definition) is 5. The number of benzene rings is 1. The van der Waals surface area contributed by atoms with Crippen LogP contribution in [0.2, 0.25) is 5.02 Å². The summed E-state index contributed by atoms with van der Waals surface area (Å²) in [6.07, 6.45) is 4.38. The number of hydrogen-bond donors (Lipinski definition) is 2. The Balaban J connectivity index is 0.00000225. The van der Waals surface area contributed by atoms with E-state index in [1.807, 2.05) is 0 Å². The van der Waals surface area contributed by atoms with Crippen molar-refractivity contribution in [1.82, 2.24) is 10.3 Å². The number of nitrogens with zero attached hydrogens (tertiary/aromatic N) is 2. The van der Waals surface area contributed by atoms with E-state index < -0.39 is 11.8 Å². The average Bonchev–Trinajstić information content (AvgIpc) is 2.54. The summed E-state index contributed by atoms with van der Waals surface area (Å²) in [5.41, 5.74) is 7.12. The second kappa shape index (κ2) is 7.60. The molecule has 2 amide bonds. The van der Waals surface area contributed by atoms with Crippen LogP contribution in [0.5, 0.6) is 0 Å². The second-order valence-electron chi connectivity index (χ2n) is 4.94. The van der Waals surface area contributed by atoms with Crippen LogP contribution < -0.4 is 16.0 Å². The van der Waals surface area contributed by atoms with Crippen molar-refractivity contribution in [3.63, 3.8) is 0 Å². The minimum atomic E-state index is -0.577. The average molecular weight is 395 g/mol. The van der Waals surface area contributed by atoms with Crippen molar-refractivity contribution < 1.29 is 9.59 Å². The Hall–Kier alpha value is -2.48. The Labute approximate surface area is 160 Å². The third-order valence-electron chi connectivity index (χ3n) is 3.37. The summed E-state index contributed by atoms with van der Waals surface area (Å²) in [6, 6.07) is 8.16. The van der Waals surface area contributed by atoms with Gasteiger partial charge < -0.3 is 5.73 Å². The van der Waals surface area contributed by atoms with Crippen LogP contribution in [-0.4, -0.2) is 21.9 Å². The summed E-state index contributed by atoms with van der Waals surface area (Å²) in [5.74, 6) is -1.12. The minimum absolute atomic E-state index is 0. The largest absolute Gasteiger partial charge is 0.397 e. The third kappa shape index (κ3) is 3.79. The monoisotopic (exact) mass is 394 g/mol. The van der Waals surface area contributed by atoms with E-state index in [9.17, 15) is 9.59 Å². The van der Waals surface area contributed by atoms with Crippen LogP contribution in [0.1, 0.15) is 5.56 Å². The first-order valence-electron chi connectivity index (χ1n) is 6.84. The normalized spacial score (nSPS) is 15.8. The zero-order valence-corrected chi connectivity index (χ0v) is 15.0. The molecule has 1 aliphatic rings. The van der Waals surface area contributed by atoms with Crippen molar-refractivity contribution in [3.05, 3.63) is 58.9 Å². The molecule has 3 N–H and O–H groups in total. The fourth-order valence-electron chi connectivity index (χ4n) is 2.19. The van der Waals surface area contributed by atoms with E-state index >= 15 is 0 Å². The number of carbonyl (C=O) groups excluding carboxylic acids is 2. The van der Waals surface area contributed by atoms with Crippen molar-refractivity contribution in [2.45, 2.75) is 0 Å². The van der Waals surface area contributed by atoms with Gasteiger partial charge in [-0.25, -0.2) is 0 Å². The summed E-state index contributed by atoms with van der Waals surface area (Å²) in [7, 11) is 0. The van der Waals surface area contributed by atoms with E-state index in [0.29, 0.717) is 22.0 Å². The molecule has 0 bridgehead atoms. The number of halogens is 2. The molecule has 2 heterocycles. The van der Waals surface area contributed by atoms with Gasteiger partial charge in [-0.1, -0.05) is 11.6 Å². The van der Waals surface area contributed by atoms with Crippen LogP contribution in [-0.2, 0) is 9.59 Å². The molecule has 1 aliphatic heterocycles. The molecule has 0 atom stereocenters. The Morgan fingerprint density at radius 2 is 1.88 bits per heavy atom. The summed E-state index contributed by atoms with van der Waals surface area (Å²) < 4.78 is 0. The molecule has 1 aromatic carbocycles. The van der Waals surface area contributed by atoms with Crippen molar-refractivity contribution in [3.8, 4) is 0 Å². The van der Waals surface area contributed by atoms with Gasteiger partial charge in [0.15, 0.2) is 5.11 Å². The number of thiocarbonyl (C=S) groups is 1. The molecule has 0 unspecified atom stereocenters. The fourth-order valence-corrected chi connectivity index (χ4v) is 2.59. The molecule has 1 fully saturated rings. The molecule has 1 saturated heterocycles. The highest BCUT2D eigenvalue weighted by Crippen LogP contribution is 2.24. The highest BCUT2D eigenvalue weighted by atomic mass is 35.5. The Morgan fingerprint density at radius 3 is 2.52 bits per heavy atom. The second-order valence-corrected chi connectivity index (χ2v) is 5.76. The topological polar surface area (TPSA) is 88.3 Å². The first kappa shape index (κ1) is 18.9. The molecule has 2 aromatic rings. The van der Waals surface area contributed by atoms with Gasteiger partial charge in [0.05, 0.1) is 17.6 Å². The van der Waals surface area contributed by atoms with Gasteiger partial charge in [-0.2, -0.15) is 0 Å². The first-order chi connectivity index (χ1) is 11.5. The minimum Gasteiger partial charge on any atom is -0.397 e. The number of amides is 2. The molecule has 0 spiro atoms. The SMILES string of the molecule is Cl.Nc1cnccc1/C=C1/C(=O)NC(=S)N(c2ccc(Cl)cc2)C1=O. The Kier molecular flexibility index (Phi) is 5.73. The molecule has 1 aromatic heterocycles. The van der Waals surface area contributed by atoms with Crippen LogP contribution in [0.3, 0.4) is 0 Å². The number of anilines is 2. The van der Waals surface area contributed by atoms with Crippen LogP contribution >= 0.6 is 36.2 Å². The fraction of sp³-hybridized carbons (Fsp3) is 0. The molecule has 25 heavy (non-hydrogen) atoms. The molecule has 3 rings (SSSR count). The maximum atomic E-state index is 12.8. The maximum absolute atomic E-state index is 12.8. The lowest BCUT2D eigenvalue weighted by molar-refractivity contribution is -0.122. The molecular formula is C16H12Cl2N4O2S. The Bertz CT molecular complexity index is 884. The molecular weight excluding hydrogens is 383 g/mol. The number of nitrogens with one attached hydrogen (secondary N) is 1. The van der Waals surface area contributed by atoms with Gasteiger partial charge in [-0.3, -0.25) is 24.8 Å². The van der Waals surface area contributed by atoms with E-state index in [0.717, 1.165) is 0 Å². The van der Waals surface area contributed by atoms with Crippen molar-refractivity contribution in [1.29, 1.82) is 0 Å². The van der Waals surface area contributed by atoms with Crippen LogP contribution in [0.15, 0.2) is 48.3 Å². The lowest BCUT2D eigenvalue weighted by Crippen LogP contribution is -2.54. The number of nitrogens with two attached hydrogens (primary N) is 1. The number of pyridine rings is 1. The van der Waals surface area contributed by atoms with Gasteiger partial charge in [-0.05, 0) is 48.6 Å². The van der Waals surface area contributed by atoms with Gasteiger partial charge in [0.1, 0.15) is 5.57 Å². The van der Waals surface area contributed by atoms with Crippen LogP contribution in [0, 0.1) is 0 Å². The number of aromatic nitrogens is 1. The van der Waals surface area contributed by atoms with E-state index in [2.05, 4.69) is 10.3 Å². The molecule has 6 nitrogen and oxygen atoms in total. The Morgan fingerprint density at radius 1 is 1.20 bits per heavy atom. The highest BCUT2D eigenvalue weighted by molar-refractivity contribution is 7.80. The van der Waals surface area contributed by atoms with Crippen molar-refractivity contribution in [2.24, 2.45) is 0 Å². The summed E-state index contributed by atoms with van der Waals surface area (Å²) >= 11 is 11.0. The van der Waals surface area contributed by atoms with Gasteiger partial charge in [0.25, 0.3) is 11.8 Å². The number of nitrogen functional groups attached to an aromatic ring is 1. The summed E-state index contributed by atoms with van der Waals surface area (Å²) in [5, 5.41) is 3.04. The van der Waals surface area contributed by atoms with Crippen molar-refractivity contribution in [2.75, 3.05) is 10.6 Å². The molecule has 0 radical (unpaired) electrons. The van der Waals surface area contributed by atoms with Crippen molar-refractivity contribution >= 4 is 70.6 Å². The van der Waals surface area contributed by atoms with E-state index in [4.69, 9.17) is 29.6 Å². The smallest absolute Gasteiger partial charge is 0.270 e. The lowest BCUT2D eigenvalue weighted by atomic mass is 10.1. The maximum Gasteiger partial charge on any atom is 0.270 e. The molecule has 0 aliphatic carbocycles. The van der Waals surface area contributed by atoms with E-state index in [1.165, 1.54) is 23.4 Å². The standard InChI is InChI=1S/C16H11ClN4O2S.ClH/c17-10-1-3-11(4-2-10)21-15(23)12(14(22)20-16(21)24)7-9-5-6-19-8-13(9)18;/h1-8H,18H2,(H,20,22,24);1H/b12-7-;. The summed E-state index contributed by atoms with van der Waals surface area (Å²) in [4.78, 5) is 30.0. The van der Waals surface area contributed by atoms with Gasteiger partial charge in [0.2, 0.25) is 0 Å². The predicted molar refractivity (Wildman–Crippen MR) is 104 cm³/mol. The number of rotatable bonds is 2. The van der Waals surface area contributed by atoms with E-state index in [1.54, 1.807) is 30.3 Å². The zero-order chi connectivity index (χ0) is 17.3. The van der Waals surface area contributed by atoms with E-state index in [-0.39, 0.29) is 23.1 Å². The third-order valence-corrected chi connectivity index (χ3v) is 3.91. The quantitative estimate of drug-likeness (QED) is 0.464. The molecule has 128 valence electrons. The van der Waals surface area contributed by atoms with Gasteiger partial charge in [0, 0.05) is 16.8 Å². The van der Waals surface area contributed by atoms with Gasteiger partial charge >= 0.3 is 0 Å². The van der Waals surface area contributed by atoms with Gasteiger partial charge in [-0.15, -0.1) is 12.4 Å². The van der Waals surface area contributed by atoms with Crippen LogP contribution in [0.4, 0.5) is 11.4 Å². The molecule has 9 heteroatoms.